The Morgan fingerprint density at radius 2 is 2.13 bits per heavy atom. The van der Waals surface area contributed by atoms with Crippen LogP contribution in [-0.2, 0) is 9.59 Å². The Bertz CT molecular complexity index is 767. The molecule has 0 bridgehead atoms. The fourth-order valence-electron chi connectivity index (χ4n) is 2.06. The molecule has 2 N–H and O–H groups in total. The highest BCUT2D eigenvalue weighted by molar-refractivity contribution is 8.00. The highest BCUT2D eigenvalue weighted by Crippen LogP contribution is 2.33. The number of fused-ring (bicyclic) bond motifs is 1. The quantitative estimate of drug-likeness (QED) is 0.903. The minimum absolute atomic E-state index is 0.0248. The number of anilines is 2. The first-order valence-corrected chi connectivity index (χ1v) is 7.84. The number of nitrogens with one attached hydrogen (secondary N) is 2. The fraction of sp³-hybridized carbons (Fsp3) is 0.125. The molecule has 0 radical (unpaired) electrons. The van der Waals surface area contributed by atoms with E-state index in [1.165, 1.54) is 23.9 Å². The molecule has 3 rings (SSSR count). The summed E-state index contributed by atoms with van der Waals surface area (Å²) in [4.78, 5) is 24.2. The molecule has 1 aliphatic rings. The molecular formula is C16H13FN2O3S. The van der Waals surface area contributed by atoms with Gasteiger partial charge in [-0.1, -0.05) is 12.1 Å². The summed E-state index contributed by atoms with van der Waals surface area (Å²) in [5.41, 5.74) is 1.20. The normalized spacial score (nSPS) is 13.0. The summed E-state index contributed by atoms with van der Waals surface area (Å²) in [6.07, 6.45) is 0. The van der Waals surface area contributed by atoms with Gasteiger partial charge in [0, 0.05) is 10.6 Å². The molecule has 0 atom stereocenters. The van der Waals surface area contributed by atoms with Crippen LogP contribution in [0.25, 0.3) is 0 Å². The SMILES string of the molecule is O=C(COc1ccccc1F)Nc1ccc2c(c1)NC(=O)CS2. The van der Waals surface area contributed by atoms with Crippen LogP contribution in [0.2, 0.25) is 0 Å². The van der Waals surface area contributed by atoms with Crippen LogP contribution >= 0.6 is 11.8 Å². The summed E-state index contributed by atoms with van der Waals surface area (Å²) in [6.45, 7) is -0.306. The first kappa shape index (κ1) is 15.4. The van der Waals surface area contributed by atoms with Crippen LogP contribution in [0.15, 0.2) is 47.4 Å². The lowest BCUT2D eigenvalue weighted by Crippen LogP contribution is -2.21. The van der Waals surface area contributed by atoms with Gasteiger partial charge in [-0.25, -0.2) is 4.39 Å². The third-order valence-electron chi connectivity index (χ3n) is 3.09. The molecule has 23 heavy (non-hydrogen) atoms. The lowest BCUT2D eigenvalue weighted by molar-refractivity contribution is -0.118. The number of carbonyl (C=O) groups excluding carboxylic acids is 2. The van der Waals surface area contributed by atoms with Gasteiger partial charge in [-0.15, -0.1) is 11.8 Å². The first-order valence-electron chi connectivity index (χ1n) is 6.86. The van der Waals surface area contributed by atoms with Crippen molar-refractivity contribution in [2.75, 3.05) is 23.0 Å². The van der Waals surface area contributed by atoms with Gasteiger partial charge in [0.15, 0.2) is 18.2 Å². The third-order valence-corrected chi connectivity index (χ3v) is 4.17. The maximum Gasteiger partial charge on any atom is 0.262 e. The van der Waals surface area contributed by atoms with E-state index in [9.17, 15) is 14.0 Å². The van der Waals surface area contributed by atoms with Crippen LogP contribution in [-0.4, -0.2) is 24.2 Å². The van der Waals surface area contributed by atoms with Crippen LogP contribution in [0.1, 0.15) is 0 Å². The molecule has 0 saturated heterocycles. The Kier molecular flexibility index (Phi) is 4.47. The molecule has 0 fully saturated rings. The minimum atomic E-state index is -0.520. The highest BCUT2D eigenvalue weighted by atomic mass is 32.2. The monoisotopic (exact) mass is 332 g/mol. The van der Waals surface area contributed by atoms with Crippen LogP contribution in [0.5, 0.6) is 5.75 Å². The van der Waals surface area contributed by atoms with E-state index in [2.05, 4.69) is 10.6 Å². The third kappa shape index (κ3) is 3.81. The molecule has 1 heterocycles. The summed E-state index contributed by atoms with van der Waals surface area (Å²) in [7, 11) is 0. The summed E-state index contributed by atoms with van der Waals surface area (Å²) in [5, 5.41) is 5.40. The Morgan fingerprint density at radius 1 is 1.30 bits per heavy atom. The van der Waals surface area contributed by atoms with Gasteiger partial charge in [-0.3, -0.25) is 9.59 Å². The lowest BCUT2D eigenvalue weighted by atomic mass is 10.2. The van der Waals surface area contributed by atoms with Crippen molar-refractivity contribution < 1.29 is 18.7 Å². The molecular weight excluding hydrogens is 319 g/mol. The number of rotatable bonds is 4. The van der Waals surface area contributed by atoms with E-state index in [1.807, 2.05) is 6.07 Å². The van der Waals surface area contributed by atoms with Crippen molar-refractivity contribution in [3.63, 3.8) is 0 Å². The average molecular weight is 332 g/mol. The Labute approximate surface area is 136 Å². The zero-order valence-corrected chi connectivity index (χ0v) is 12.8. The lowest BCUT2D eigenvalue weighted by Gasteiger charge is -2.17. The number of ether oxygens (including phenoxy) is 1. The molecule has 118 valence electrons. The van der Waals surface area contributed by atoms with Crippen molar-refractivity contribution in [1.82, 2.24) is 0 Å². The molecule has 2 aromatic carbocycles. The summed E-state index contributed by atoms with van der Waals surface area (Å²) in [6, 6.07) is 11.1. The Hall–Kier alpha value is -2.54. The predicted octanol–water partition coefficient (Wildman–Crippen LogP) is 2.89. The molecule has 0 aliphatic carbocycles. The van der Waals surface area contributed by atoms with E-state index >= 15 is 0 Å². The van der Waals surface area contributed by atoms with Crippen molar-refractivity contribution in [1.29, 1.82) is 0 Å². The van der Waals surface area contributed by atoms with Crippen molar-refractivity contribution in [2.24, 2.45) is 0 Å². The van der Waals surface area contributed by atoms with Crippen LogP contribution in [0, 0.1) is 5.82 Å². The number of hydrogen-bond donors (Lipinski definition) is 2. The highest BCUT2D eigenvalue weighted by Gasteiger charge is 2.16. The predicted molar refractivity (Wildman–Crippen MR) is 86.3 cm³/mol. The number of thioether (sulfide) groups is 1. The van der Waals surface area contributed by atoms with Crippen molar-refractivity contribution in [2.45, 2.75) is 4.90 Å². The van der Waals surface area contributed by atoms with Gasteiger partial charge in [-0.2, -0.15) is 0 Å². The van der Waals surface area contributed by atoms with Crippen LogP contribution < -0.4 is 15.4 Å². The second-order valence-electron chi connectivity index (χ2n) is 4.82. The Balaban J connectivity index is 1.61. The second kappa shape index (κ2) is 6.70. The zero-order valence-electron chi connectivity index (χ0n) is 12.0. The number of hydrogen-bond acceptors (Lipinski definition) is 4. The van der Waals surface area contributed by atoms with Crippen molar-refractivity contribution in [3.05, 3.63) is 48.3 Å². The van der Waals surface area contributed by atoms with E-state index in [0.717, 1.165) is 4.90 Å². The molecule has 2 amide bonds. The number of amides is 2. The van der Waals surface area contributed by atoms with Gasteiger partial charge in [0.05, 0.1) is 11.4 Å². The molecule has 0 saturated carbocycles. The van der Waals surface area contributed by atoms with E-state index in [1.54, 1.807) is 24.3 Å². The number of halogens is 1. The van der Waals surface area contributed by atoms with Crippen LogP contribution in [0.4, 0.5) is 15.8 Å². The molecule has 7 heteroatoms. The van der Waals surface area contributed by atoms with E-state index in [-0.39, 0.29) is 18.3 Å². The number of benzene rings is 2. The van der Waals surface area contributed by atoms with Gasteiger partial charge in [0.1, 0.15) is 0 Å². The molecule has 2 aromatic rings. The smallest absolute Gasteiger partial charge is 0.262 e. The van der Waals surface area contributed by atoms with E-state index in [0.29, 0.717) is 17.1 Å². The molecule has 5 nitrogen and oxygen atoms in total. The fourth-order valence-corrected chi connectivity index (χ4v) is 2.85. The van der Waals surface area contributed by atoms with Gasteiger partial charge in [-0.05, 0) is 30.3 Å². The Morgan fingerprint density at radius 3 is 2.96 bits per heavy atom. The molecule has 0 spiro atoms. The van der Waals surface area contributed by atoms with E-state index in [4.69, 9.17) is 4.74 Å². The molecule has 1 aliphatic heterocycles. The summed E-state index contributed by atoms with van der Waals surface area (Å²) in [5.74, 6) is -0.600. The average Bonchev–Trinajstić information content (AvgIpc) is 2.54. The first-order chi connectivity index (χ1) is 11.1. The van der Waals surface area contributed by atoms with Crippen LogP contribution in [0.3, 0.4) is 0 Å². The van der Waals surface area contributed by atoms with Gasteiger partial charge >= 0.3 is 0 Å². The maximum absolute atomic E-state index is 13.4. The van der Waals surface area contributed by atoms with E-state index < -0.39 is 11.7 Å². The number of carbonyl (C=O) groups is 2. The topological polar surface area (TPSA) is 67.4 Å². The minimum Gasteiger partial charge on any atom is -0.481 e. The maximum atomic E-state index is 13.4. The zero-order chi connectivity index (χ0) is 16.2. The van der Waals surface area contributed by atoms with Crippen molar-refractivity contribution >= 4 is 35.0 Å². The summed E-state index contributed by atoms with van der Waals surface area (Å²) < 4.78 is 18.5. The molecule has 0 unspecified atom stereocenters. The number of para-hydroxylation sites is 1. The standard InChI is InChI=1S/C16H13FN2O3S/c17-11-3-1-2-4-13(11)22-8-15(20)18-10-5-6-14-12(7-10)19-16(21)9-23-14/h1-7H,8-9H2,(H,18,20)(H,19,21). The second-order valence-corrected chi connectivity index (χ2v) is 5.83. The van der Waals surface area contributed by atoms with Crippen molar-refractivity contribution in [3.8, 4) is 5.75 Å². The molecule has 0 aromatic heterocycles. The largest absolute Gasteiger partial charge is 0.481 e. The van der Waals surface area contributed by atoms with Gasteiger partial charge in [0.2, 0.25) is 5.91 Å². The van der Waals surface area contributed by atoms with Gasteiger partial charge in [0.25, 0.3) is 5.91 Å². The summed E-state index contributed by atoms with van der Waals surface area (Å²) >= 11 is 1.44. The van der Waals surface area contributed by atoms with Gasteiger partial charge < -0.3 is 15.4 Å².